The van der Waals surface area contributed by atoms with Gasteiger partial charge in [-0.1, -0.05) is 75.2 Å². The van der Waals surface area contributed by atoms with Gasteiger partial charge in [-0.25, -0.2) is 9.97 Å². The van der Waals surface area contributed by atoms with Crippen LogP contribution in [0.15, 0.2) is 79.0 Å². The van der Waals surface area contributed by atoms with Crippen molar-refractivity contribution in [2.45, 2.75) is 58.8 Å². The number of anilines is 4. The maximum atomic E-state index is 8.45. The van der Waals surface area contributed by atoms with Crippen molar-refractivity contribution in [3.8, 4) is 22.6 Å². The molecule has 0 saturated carbocycles. The van der Waals surface area contributed by atoms with E-state index in [4.69, 9.17) is 28.1 Å². The standard InChI is InChI=1S/C40H37N5O.Pt/c1-27-21-38(43-26-34(27)28-11-7-6-8-12-28)45-20-10-14-33-35(41-5)23-32(25-37(33)45)46-31-16-15-29-13-9-19-44(36(29)24-31)39-22-30(17-18-42-39)40(2,3)4;/h6-8,11-12,15-18,21-23,26H,9-10,13-14,19-20H2,1-4H3;/q-2;+2/i6D,7D,8D,11D,12D;. The first-order chi connectivity index (χ1) is 24.3. The Labute approximate surface area is 299 Å². The van der Waals surface area contributed by atoms with Crippen molar-refractivity contribution in [2.24, 2.45) is 0 Å². The molecule has 0 saturated heterocycles. The Hall–Kier alpha value is -4.46. The number of hydrogen-bond donors (Lipinski definition) is 0. The summed E-state index contributed by atoms with van der Waals surface area (Å²) in [6.45, 7) is 17.9. The van der Waals surface area contributed by atoms with Crippen LogP contribution < -0.4 is 14.5 Å². The minimum absolute atomic E-state index is 0. The fraction of sp³-hybridized carbons (Fsp3) is 0.275. The van der Waals surface area contributed by atoms with Gasteiger partial charge in [-0.2, -0.15) is 6.07 Å². The van der Waals surface area contributed by atoms with Crippen molar-refractivity contribution in [3.63, 3.8) is 0 Å². The Morgan fingerprint density at radius 3 is 2.36 bits per heavy atom. The Morgan fingerprint density at radius 1 is 0.894 bits per heavy atom. The molecule has 0 spiro atoms. The molecule has 0 aliphatic carbocycles. The third-order valence-electron chi connectivity index (χ3n) is 8.63. The summed E-state index contributed by atoms with van der Waals surface area (Å²) in [5.41, 5.74) is 6.65. The molecule has 2 aliphatic heterocycles. The second kappa shape index (κ2) is 13.3. The van der Waals surface area contributed by atoms with E-state index < -0.39 is 6.04 Å². The Balaban J connectivity index is 0.00000464. The second-order valence-corrected chi connectivity index (χ2v) is 12.8. The molecular weight excluding hydrogens is 762 g/mol. The molecule has 47 heavy (non-hydrogen) atoms. The van der Waals surface area contributed by atoms with Crippen LogP contribution in [0.3, 0.4) is 0 Å². The van der Waals surface area contributed by atoms with Crippen LogP contribution >= 0.6 is 0 Å². The van der Waals surface area contributed by atoms with Crippen molar-refractivity contribution in [3.05, 3.63) is 125 Å². The molecule has 6 nitrogen and oxygen atoms in total. The second-order valence-electron chi connectivity index (χ2n) is 12.8. The zero-order valence-corrected chi connectivity index (χ0v) is 29.1. The molecule has 2 aliphatic rings. The Morgan fingerprint density at radius 2 is 1.62 bits per heavy atom. The predicted molar refractivity (Wildman–Crippen MR) is 185 cm³/mol. The number of aromatic nitrogens is 2. The monoisotopic (exact) mass is 803 g/mol. The predicted octanol–water partition coefficient (Wildman–Crippen LogP) is 9.86. The molecule has 0 fully saturated rings. The van der Waals surface area contributed by atoms with Crippen LogP contribution in [0.5, 0.6) is 11.5 Å². The fourth-order valence-electron chi connectivity index (χ4n) is 6.20. The van der Waals surface area contributed by atoms with Gasteiger partial charge < -0.3 is 14.5 Å². The largest absolute Gasteiger partial charge is 2.00 e. The van der Waals surface area contributed by atoms with Crippen LogP contribution in [-0.4, -0.2) is 23.1 Å². The van der Waals surface area contributed by atoms with Crippen LogP contribution in [0.4, 0.5) is 28.7 Å². The summed E-state index contributed by atoms with van der Waals surface area (Å²) < 4.78 is 47.5. The smallest absolute Gasteiger partial charge is 0.510 e. The first-order valence-corrected chi connectivity index (χ1v) is 15.6. The topological polar surface area (TPSA) is 45.9 Å². The van der Waals surface area contributed by atoms with Crippen LogP contribution in [-0.2, 0) is 39.3 Å². The Bertz CT molecular complexity index is 2220. The molecule has 2 aromatic heterocycles. The molecule has 238 valence electrons. The van der Waals surface area contributed by atoms with Gasteiger partial charge in [0.15, 0.2) is 0 Å². The summed E-state index contributed by atoms with van der Waals surface area (Å²) in [5.74, 6) is 2.39. The van der Waals surface area contributed by atoms with Gasteiger partial charge >= 0.3 is 21.1 Å². The van der Waals surface area contributed by atoms with Gasteiger partial charge in [-0.15, -0.1) is 35.4 Å². The summed E-state index contributed by atoms with van der Waals surface area (Å²) in [6, 6.07) is 17.0. The number of rotatable bonds is 5. The number of aryl methyl sites for hydroxylation is 2. The SMILES string of the molecule is [2H]c1c([2H])c([2H])c(-c2cnc(N3CCCc4c3[c-]c(Oc3[c-]c5c(cc3)CCCN5c3cc(C(C)(C)C)ccn3)cc4[N+]#[C-])cc2C)c([2H])c1[2H].[Pt+2]. The summed E-state index contributed by atoms with van der Waals surface area (Å²) >= 11 is 0. The van der Waals surface area contributed by atoms with E-state index in [1.807, 2.05) is 30.2 Å². The van der Waals surface area contributed by atoms with E-state index in [-0.39, 0.29) is 56.2 Å². The van der Waals surface area contributed by atoms with Crippen molar-refractivity contribution < 1.29 is 32.7 Å². The van der Waals surface area contributed by atoms with Gasteiger partial charge in [0.2, 0.25) is 0 Å². The molecule has 0 radical (unpaired) electrons. The zero-order chi connectivity index (χ0) is 36.2. The van der Waals surface area contributed by atoms with Crippen molar-refractivity contribution in [1.29, 1.82) is 0 Å². The minimum atomic E-state index is -0.432. The molecule has 7 heteroatoms. The quantitative estimate of drug-likeness (QED) is 0.166. The van der Waals surface area contributed by atoms with Crippen LogP contribution in [0, 0.1) is 25.6 Å². The number of hydrogen-bond acceptors (Lipinski definition) is 5. The zero-order valence-electron chi connectivity index (χ0n) is 31.8. The maximum absolute atomic E-state index is 8.45. The fourth-order valence-corrected chi connectivity index (χ4v) is 6.20. The normalized spacial score (nSPS) is 15.5. The van der Waals surface area contributed by atoms with Crippen LogP contribution in [0.25, 0.3) is 16.0 Å². The molecule has 0 atom stereocenters. The molecule has 0 unspecified atom stereocenters. The molecule has 0 bridgehead atoms. The molecule has 0 amide bonds. The third-order valence-corrected chi connectivity index (χ3v) is 8.63. The summed E-state index contributed by atoms with van der Waals surface area (Å²) in [6.07, 6.45) is 6.87. The maximum Gasteiger partial charge on any atom is 2.00 e. The van der Waals surface area contributed by atoms with E-state index in [0.717, 1.165) is 42.9 Å². The average molecular weight is 804 g/mol. The van der Waals surface area contributed by atoms with Crippen LogP contribution in [0.2, 0.25) is 0 Å². The van der Waals surface area contributed by atoms with E-state index >= 15 is 0 Å². The molecule has 0 N–H and O–H groups in total. The number of ether oxygens (including phenoxy) is 1. The number of benzene rings is 3. The third kappa shape index (κ3) is 6.55. The first kappa shape index (κ1) is 26.6. The number of fused-ring (bicyclic) bond motifs is 2. The summed E-state index contributed by atoms with van der Waals surface area (Å²) in [4.78, 5) is 17.5. The number of nitrogens with zero attached hydrogens (tertiary/aromatic N) is 5. The molecular formula is C40H37N5OPt. The van der Waals surface area contributed by atoms with E-state index in [0.29, 0.717) is 52.8 Å². The van der Waals surface area contributed by atoms with Crippen molar-refractivity contribution in [1.82, 2.24) is 9.97 Å². The first-order valence-electron chi connectivity index (χ1n) is 18.1. The van der Waals surface area contributed by atoms with E-state index in [1.165, 1.54) is 11.1 Å². The molecule has 7 rings (SSSR count). The van der Waals surface area contributed by atoms with E-state index in [2.05, 4.69) is 60.8 Å². The van der Waals surface area contributed by atoms with E-state index in [1.54, 1.807) is 12.3 Å². The van der Waals surface area contributed by atoms with Gasteiger partial charge in [0.1, 0.15) is 11.6 Å². The van der Waals surface area contributed by atoms with Gasteiger partial charge in [0.25, 0.3) is 0 Å². The molecule has 5 aromatic rings. The molecule has 4 heterocycles. The van der Waals surface area contributed by atoms with Crippen LogP contribution in [0.1, 0.15) is 62.7 Å². The van der Waals surface area contributed by atoms with Gasteiger partial charge in [0, 0.05) is 42.5 Å². The van der Waals surface area contributed by atoms with Gasteiger partial charge in [0.05, 0.1) is 19.1 Å². The van der Waals surface area contributed by atoms with Gasteiger partial charge in [-0.05, 0) is 60.1 Å². The minimum Gasteiger partial charge on any atom is -0.510 e. The Kier molecular flexibility index (Phi) is 7.55. The summed E-state index contributed by atoms with van der Waals surface area (Å²) in [5, 5.41) is 0. The number of pyridine rings is 2. The molecule has 3 aromatic carbocycles. The van der Waals surface area contributed by atoms with Crippen molar-refractivity contribution in [2.75, 3.05) is 22.9 Å². The van der Waals surface area contributed by atoms with E-state index in [9.17, 15) is 0 Å². The van der Waals surface area contributed by atoms with Gasteiger partial charge in [-0.3, -0.25) is 4.85 Å². The van der Waals surface area contributed by atoms with Crippen molar-refractivity contribution >= 4 is 28.7 Å². The summed E-state index contributed by atoms with van der Waals surface area (Å²) in [7, 11) is 0. The average Bonchev–Trinajstić information content (AvgIpc) is 3.12.